The summed E-state index contributed by atoms with van der Waals surface area (Å²) in [6.07, 6.45) is 1.65. The second-order valence-corrected chi connectivity index (χ2v) is 1.21. The largest absolute Gasteiger partial charge is 0.478 e. The Bertz CT molecular complexity index is 96.7. The van der Waals surface area contributed by atoms with Gasteiger partial charge in [-0.25, -0.2) is 4.99 Å². The summed E-state index contributed by atoms with van der Waals surface area (Å²) in [7, 11) is 0. The highest BCUT2D eigenvalue weighted by atomic mass is 16.5. The molecule has 0 aliphatic carbocycles. The highest BCUT2D eigenvalue weighted by Gasteiger charge is 1.80. The minimum absolute atomic E-state index is 0.481. The fraction of sp³-hybridized carbons (Fsp3) is 0.500. The molecule has 0 N–H and O–H groups in total. The fourth-order valence-corrected chi connectivity index (χ4v) is 0.348. The lowest BCUT2D eigenvalue weighted by Crippen LogP contribution is -1.85. The molecule has 0 heterocycles. The maximum atomic E-state index is 4.89. The van der Waals surface area contributed by atoms with Crippen molar-refractivity contribution in [1.82, 2.24) is 0 Å². The average Bonchev–Trinajstić information content (AvgIpc) is 1.68. The van der Waals surface area contributed by atoms with Gasteiger partial charge in [-0.15, -0.1) is 0 Å². The summed E-state index contributed by atoms with van der Waals surface area (Å²) < 4.78 is 4.89. The van der Waals surface area contributed by atoms with Crippen molar-refractivity contribution in [3.8, 4) is 0 Å². The molecule has 0 atom stereocenters. The number of hydrogen-bond donors (Lipinski definition) is 0. The molecule has 0 radical (unpaired) electrons. The number of hydrogen-bond acceptors (Lipinski definition) is 2. The minimum Gasteiger partial charge on any atom is -0.478 e. The highest BCUT2D eigenvalue weighted by molar-refractivity contribution is 5.54. The molecule has 0 amide bonds. The quantitative estimate of drug-likeness (QED) is 0.402. The van der Waals surface area contributed by atoms with E-state index in [0.29, 0.717) is 12.5 Å². The Kier molecular flexibility index (Phi) is 3.94. The molecule has 0 aromatic carbocycles. The molecule has 2 heteroatoms. The molecule has 0 fully saturated rings. The van der Waals surface area contributed by atoms with Gasteiger partial charge in [-0.3, -0.25) is 0 Å². The third kappa shape index (κ3) is 3.40. The summed E-state index contributed by atoms with van der Waals surface area (Å²) in [6, 6.07) is 0. The first-order valence-corrected chi connectivity index (χ1v) is 2.61. The molecule has 0 bridgehead atoms. The smallest absolute Gasteiger partial charge is 0.205 e. The van der Waals surface area contributed by atoms with Crippen LogP contribution in [0.1, 0.15) is 13.8 Å². The Morgan fingerprint density at radius 3 is 2.88 bits per heavy atom. The molecule has 46 valence electrons. The standard InChI is InChI=1S/C6H11NO/c1-4-7-6(3)8-5-2/h4H,3,5H2,1-2H3/b7-4-. The SMILES string of the molecule is C=C(/N=C\C)OCC. The van der Waals surface area contributed by atoms with E-state index in [0.717, 1.165) is 0 Å². The van der Waals surface area contributed by atoms with E-state index in [4.69, 9.17) is 4.74 Å². The van der Waals surface area contributed by atoms with E-state index in [1.807, 2.05) is 13.8 Å². The number of ether oxygens (including phenoxy) is 1. The van der Waals surface area contributed by atoms with Crippen LogP contribution in [-0.4, -0.2) is 12.8 Å². The predicted octanol–water partition coefficient (Wildman–Crippen LogP) is 1.58. The van der Waals surface area contributed by atoms with E-state index < -0.39 is 0 Å². The van der Waals surface area contributed by atoms with E-state index in [2.05, 4.69) is 11.6 Å². The molecule has 0 aromatic rings. The van der Waals surface area contributed by atoms with Crippen molar-refractivity contribution in [2.75, 3.05) is 6.61 Å². The van der Waals surface area contributed by atoms with Gasteiger partial charge in [-0.2, -0.15) is 0 Å². The average molecular weight is 113 g/mol. The van der Waals surface area contributed by atoms with Crippen LogP contribution in [0, 0.1) is 0 Å². The van der Waals surface area contributed by atoms with Crippen molar-refractivity contribution < 1.29 is 4.74 Å². The zero-order valence-corrected chi connectivity index (χ0v) is 5.35. The van der Waals surface area contributed by atoms with Crippen molar-refractivity contribution in [3.63, 3.8) is 0 Å². The van der Waals surface area contributed by atoms with Crippen LogP contribution in [0.3, 0.4) is 0 Å². The highest BCUT2D eigenvalue weighted by Crippen LogP contribution is 1.91. The molecule has 0 spiro atoms. The molecule has 8 heavy (non-hydrogen) atoms. The molecule has 0 aliphatic rings. The van der Waals surface area contributed by atoms with Crippen LogP contribution in [0.4, 0.5) is 0 Å². The number of rotatable bonds is 3. The van der Waals surface area contributed by atoms with Crippen LogP contribution in [0.5, 0.6) is 0 Å². The van der Waals surface area contributed by atoms with Crippen molar-refractivity contribution in [2.24, 2.45) is 4.99 Å². The van der Waals surface area contributed by atoms with E-state index >= 15 is 0 Å². The molecular weight excluding hydrogens is 102 g/mol. The Morgan fingerprint density at radius 1 is 1.88 bits per heavy atom. The van der Waals surface area contributed by atoms with Crippen LogP contribution >= 0.6 is 0 Å². The Balaban J connectivity index is 3.33. The molecule has 2 nitrogen and oxygen atoms in total. The van der Waals surface area contributed by atoms with Crippen LogP contribution in [-0.2, 0) is 4.74 Å². The molecule has 0 aromatic heterocycles. The van der Waals surface area contributed by atoms with Crippen LogP contribution in [0.15, 0.2) is 17.5 Å². The monoisotopic (exact) mass is 113 g/mol. The van der Waals surface area contributed by atoms with Gasteiger partial charge in [0.1, 0.15) is 0 Å². The van der Waals surface area contributed by atoms with Gasteiger partial charge in [0.2, 0.25) is 5.88 Å². The van der Waals surface area contributed by atoms with Gasteiger partial charge in [0.15, 0.2) is 0 Å². The number of aliphatic imine (C=N–C) groups is 1. The Morgan fingerprint density at radius 2 is 2.50 bits per heavy atom. The molecule has 0 saturated carbocycles. The third-order valence-corrected chi connectivity index (χ3v) is 0.584. The Labute approximate surface area is 49.9 Å². The first-order chi connectivity index (χ1) is 3.81. The normalized spacial score (nSPS) is 9.75. The summed E-state index contributed by atoms with van der Waals surface area (Å²) in [6.45, 7) is 7.87. The van der Waals surface area contributed by atoms with Gasteiger partial charge in [-0.05, 0) is 20.4 Å². The topological polar surface area (TPSA) is 21.6 Å². The van der Waals surface area contributed by atoms with E-state index in [9.17, 15) is 0 Å². The maximum absolute atomic E-state index is 4.89. The molecular formula is C6H11NO. The van der Waals surface area contributed by atoms with Gasteiger partial charge in [0.25, 0.3) is 0 Å². The van der Waals surface area contributed by atoms with Crippen LogP contribution in [0.2, 0.25) is 0 Å². The van der Waals surface area contributed by atoms with Gasteiger partial charge in [-0.1, -0.05) is 0 Å². The Hall–Kier alpha value is -0.790. The zero-order chi connectivity index (χ0) is 6.41. The molecule has 0 rings (SSSR count). The summed E-state index contributed by atoms with van der Waals surface area (Å²) >= 11 is 0. The van der Waals surface area contributed by atoms with Crippen molar-refractivity contribution in [3.05, 3.63) is 12.5 Å². The van der Waals surface area contributed by atoms with Gasteiger partial charge in [0.05, 0.1) is 6.61 Å². The lowest BCUT2D eigenvalue weighted by molar-refractivity contribution is 0.229. The van der Waals surface area contributed by atoms with Crippen LogP contribution < -0.4 is 0 Å². The maximum Gasteiger partial charge on any atom is 0.205 e. The summed E-state index contributed by atoms with van der Waals surface area (Å²) in [5.74, 6) is 0.481. The van der Waals surface area contributed by atoms with Gasteiger partial charge >= 0.3 is 0 Å². The second-order valence-electron chi connectivity index (χ2n) is 1.21. The summed E-state index contributed by atoms with van der Waals surface area (Å²) in [5.41, 5.74) is 0. The van der Waals surface area contributed by atoms with Gasteiger partial charge in [0, 0.05) is 6.21 Å². The van der Waals surface area contributed by atoms with E-state index in [1.54, 1.807) is 6.21 Å². The lowest BCUT2D eigenvalue weighted by Gasteiger charge is -1.97. The fourth-order valence-electron chi connectivity index (χ4n) is 0.348. The second kappa shape index (κ2) is 4.37. The van der Waals surface area contributed by atoms with Crippen molar-refractivity contribution in [2.45, 2.75) is 13.8 Å². The van der Waals surface area contributed by atoms with E-state index in [-0.39, 0.29) is 0 Å². The minimum atomic E-state index is 0.481. The molecule has 0 unspecified atom stereocenters. The zero-order valence-electron chi connectivity index (χ0n) is 5.35. The predicted molar refractivity (Wildman–Crippen MR) is 34.9 cm³/mol. The first-order valence-electron chi connectivity index (χ1n) is 2.61. The number of nitrogens with zero attached hydrogens (tertiary/aromatic N) is 1. The first kappa shape index (κ1) is 7.21. The lowest BCUT2D eigenvalue weighted by atomic mass is 10.8. The van der Waals surface area contributed by atoms with Crippen molar-refractivity contribution in [1.29, 1.82) is 0 Å². The third-order valence-electron chi connectivity index (χ3n) is 0.584. The van der Waals surface area contributed by atoms with Crippen LogP contribution in [0.25, 0.3) is 0 Å². The van der Waals surface area contributed by atoms with Gasteiger partial charge < -0.3 is 4.74 Å². The summed E-state index contributed by atoms with van der Waals surface area (Å²) in [4.78, 5) is 3.77. The van der Waals surface area contributed by atoms with E-state index in [1.165, 1.54) is 0 Å². The molecule has 0 aliphatic heterocycles. The van der Waals surface area contributed by atoms with Crippen molar-refractivity contribution >= 4 is 6.21 Å². The summed E-state index contributed by atoms with van der Waals surface area (Å²) in [5, 5.41) is 0. The molecule has 0 saturated heterocycles.